The lowest BCUT2D eigenvalue weighted by Crippen LogP contribution is -2.04. The second kappa shape index (κ2) is 7.30. The molecule has 2 rings (SSSR count). The number of rotatable bonds is 5. The van der Waals surface area contributed by atoms with Gasteiger partial charge in [-0.1, -0.05) is 41.6 Å². The molecule has 1 aromatic carbocycles. The topological polar surface area (TPSA) is 9.23 Å². The van der Waals surface area contributed by atoms with Crippen molar-refractivity contribution in [3.05, 3.63) is 26.6 Å². The predicted molar refractivity (Wildman–Crippen MR) is 86.5 cm³/mol. The molecule has 1 fully saturated rings. The molecule has 4 heteroatoms. The highest BCUT2D eigenvalue weighted by Gasteiger charge is 2.15. The van der Waals surface area contributed by atoms with E-state index in [1.54, 1.807) is 0 Å². The number of alkyl halides is 1. The normalized spacial score (nSPS) is 16.2. The maximum absolute atomic E-state index is 5.92. The molecule has 0 bridgehead atoms. The summed E-state index contributed by atoms with van der Waals surface area (Å²) in [5.74, 6) is 1.81. The monoisotopic (exact) mass is 438 g/mol. The standard InChI is InChI=1S/C14H17Br3O/c15-9-11-7-12(16)14(13(17)8-11)18-6-5-10-3-1-2-4-10/h7-8,10H,1-6,9H2. The lowest BCUT2D eigenvalue weighted by Gasteiger charge is -2.14. The Morgan fingerprint density at radius 2 is 1.72 bits per heavy atom. The molecule has 0 N–H and O–H groups in total. The van der Waals surface area contributed by atoms with Gasteiger partial charge < -0.3 is 4.74 Å². The molecule has 1 aliphatic carbocycles. The molecule has 1 aliphatic rings. The maximum Gasteiger partial charge on any atom is 0.147 e. The Hall–Kier alpha value is 0.460. The van der Waals surface area contributed by atoms with Crippen LogP contribution in [0.4, 0.5) is 0 Å². The van der Waals surface area contributed by atoms with Crippen molar-refractivity contribution in [2.75, 3.05) is 6.61 Å². The molecule has 1 aromatic rings. The van der Waals surface area contributed by atoms with Crippen LogP contribution in [0.2, 0.25) is 0 Å². The van der Waals surface area contributed by atoms with E-state index in [1.165, 1.54) is 37.7 Å². The van der Waals surface area contributed by atoms with Crippen molar-refractivity contribution in [3.63, 3.8) is 0 Å². The number of hydrogen-bond donors (Lipinski definition) is 0. The van der Waals surface area contributed by atoms with Gasteiger partial charge in [-0.25, -0.2) is 0 Å². The largest absolute Gasteiger partial charge is 0.491 e. The minimum atomic E-state index is 0.815. The van der Waals surface area contributed by atoms with Crippen molar-refractivity contribution in [3.8, 4) is 5.75 Å². The smallest absolute Gasteiger partial charge is 0.147 e. The van der Waals surface area contributed by atoms with Gasteiger partial charge in [0.1, 0.15) is 5.75 Å². The van der Waals surface area contributed by atoms with Crippen LogP contribution in [0.15, 0.2) is 21.1 Å². The van der Waals surface area contributed by atoms with Gasteiger partial charge in [0.25, 0.3) is 0 Å². The summed E-state index contributed by atoms with van der Waals surface area (Å²) in [5.41, 5.74) is 1.23. The van der Waals surface area contributed by atoms with Gasteiger partial charge in [0.05, 0.1) is 15.6 Å². The number of ether oxygens (including phenoxy) is 1. The van der Waals surface area contributed by atoms with Crippen LogP contribution in [0.3, 0.4) is 0 Å². The van der Waals surface area contributed by atoms with Crippen molar-refractivity contribution in [2.45, 2.75) is 37.4 Å². The van der Waals surface area contributed by atoms with Crippen LogP contribution < -0.4 is 4.74 Å². The highest BCUT2D eigenvalue weighted by molar-refractivity contribution is 9.11. The van der Waals surface area contributed by atoms with Gasteiger partial charge in [0, 0.05) is 5.33 Å². The third-order valence-corrected chi connectivity index (χ3v) is 5.29. The van der Waals surface area contributed by atoms with Gasteiger partial charge in [0.15, 0.2) is 0 Å². The minimum absolute atomic E-state index is 0.815. The molecule has 1 nitrogen and oxygen atoms in total. The first-order valence-electron chi connectivity index (χ1n) is 6.37. The first-order chi connectivity index (χ1) is 8.70. The SMILES string of the molecule is BrCc1cc(Br)c(OCCC2CCCC2)c(Br)c1. The van der Waals surface area contributed by atoms with Crippen molar-refractivity contribution in [1.29, 1.82) is 0 Å². The van der Waals surface area contributed by atoms with Crippen LogP contribution in [0.1, 0.15) is 37.7 Å². The van der Waals surface area contributed by atoms with Crippen LogP contribution in [0, 0.1) is 5.92 Å². The Bertz CT molecular complexity index is 377. The van der Waals surface area contributed by atoms with E-state index in [1.807, 2.05) is 0 Å². The van der Waals surface area contributed by atoms with E-state index in [-0.39, 0.29) is 0 Å². The van der Waals surface area contributed by atoms with Gasteiger partial charge >= 0.3 is 0 Å². The molecule has 0 amide bonds. The molecule has 0 saturated heterocycles. The van der Waals surface area contributed by atoms with Crippen molar-refractivity contribution >= 4 is 47.8 Å². The molecule has 0 atom stereocenters. The summed E-state index contributed by atoms with van der Waals surface area (Å²) in [4.78, 5) is 0. The van der Waals surface area contributed by atoms with Crippen molar-refractivity contribution < 1.29 is 4.74 Å². The van der Waals surface area contributed by atoms with Crippen molar-refractivity contribution in [1.82, 2.24) is 0 Å². The fourth-order valence-electron chi connectivity index (χ4n) is 2.45. The molecule has 0 aliphatic heterocycles. The molecule has 0 aromatic heterocycles. The molecule has 100 valence electrons. The summed E-state index contributed by atoms with van der Waals surface area (Å²) >= 11 is 10.6. The second-order valence-corrected chi connectivity index (χ2v) is 7.08. The zero-order valence-electron chi connectivity index (χ0n) is 10.2. The average Bonchev–Trinajstić information content (AvgIpc) is 2.85. The Balaban J connectivity index is 1.92. The van der Waals surface area contributed by atoms with Crippen LogP contribution in [-0.2, 0) is 5.33 Å². The summed E-state index contributed by atoms with van der Waals surface area (Å²) in [6, 6.07) is 4.20. The lowest BCUT2D eigenvalue weighted by atomic mass is 10.1. The van der Waals surface area contributed by atoms with Crippen LogP contribution >= 0.6 is 47.8 Å². The van der Waals surface area contributed by atoms with Gasteiger partial charge in [-0.05, 0) is 61.9 Å². The Morgan fingerprint density at radius 1 is 1.11 bits per heavy atom. The van der Waals surface area contributed by atoms with Gasteiger partial charge in [-0.15, -0.1) is 0 Å². The second-order valence-electron chi connectivity index (χ2n) is 4.81. The molecular formula is C14H17Br3O. The summed E-state index contributed by atoms with van der Waals surface area (Å²) in [6.07, 6.45) is 6.75. The average molecular weight is 441 g/mol. The predicted octanol–water partition coefficient (Wildman–Crippen LogP) is 6.07. The van der Waals surface area contributed by atoms with E-state index >= 15 is 0 Å². The van der Waals surface area contributed by atoms with E-state index in [9.17, 15) is 0 Å². The first kappa shape index (κ1) is 14.9. The Labute approximate surface area is 134 Å². The van der Waals surface area contributed by atoms with Crippen molar-refractivity contribution in [2.24, 2.45) is 5.92 Å². The van der Waals surface area contributed by atoms with Gasteiger partial charge in [-0.2, -0.15) is 0 Å². The Morgan fingerprint density at radius 3 is 2.28 bits per heavy atom. The zero-order valence-corrected chi connectivity index (χ0v) is 15.0. The third kappa shape index (κ3) is 3.97. The molecule has 0 unspecified atom stereocenters. The number of benzene rings is 1. The van der Waals surface area contributed by atoms with Gasteiger partial charge in [0.2, 0.25) is 0 Å². The Kier molecular flexibility index (Phi) is 6.02. The highest BCUT2D eigenvalue weighted by Crippen LogP contribution is 2.36. The number of hydrogen-bond acceptors (Lipinski definition) is 1. The fraction of sp³-hybridized carbons (Fsp3) is 0.571. The summed E-state index contributed by atoms with van der Waals surface area (Å²) in [6.45, 7) is 0.815. The highest BCUT2D eigenvalue weighted by atomic mass is 79.9. The number of halogens is 3. The quantitative estimate of drug-likeness (QED) is 0.505. The van der Waals surface area contributed by atoms with Crippen LogP contribution in [0.25, 0.3) is 0 Å². The minimum Gasteiger partial charge on any atom is -0.491 e. The summed E-state index contributed by atoms with van der Waals surface area (Å²) in [7, 11) is 0. The molecule has 0 heterocycles. The van der Waals surface area contributed by atoms with E-state index < -0.39 is 0 Å². The lowest BCUT2D eigenvalue weighted by molar-refractivity contribution is 0.276. The molecule has 0 radical (unpaired) electrons. The maximum atomic E-state index is 5.92. The first-order valence-corrected chi connectivity index (χ1v) is 9.08. The molecule has 0 spiro atoms. The van der Waals surface area contributed by atoms with E-state index in [0.29, 0.717) is 0 Å². The fourth-order valence-corrected chi connectivity index (χ4v) is 4.29. The third-order valence-electron chi connectivity index (χ3n) is 3.46. The molecule has 1 saturated carbocycles. The molecule has 18 heavy (non-hydrogen) atoms. The summed E-state index contributed by atoms with van der Waals surface area (Å²) in [5, 5.41) is 0.854. The van der Waals surface area contributed by atoms with E-state index in [4.69, 9.17) is 4.74 Å². The van der Waals surface area contributed by atoms with Crippen LogP contribution in [0.5, 0.6) is 5.75 Å². The van der Waals surface area contributed by atoms with Gasteiger partial charge in [-0.3, -0.25) is 0 Å². The van der Waals surface area contributed by atoms with Crippen LogP contribution in [-0.4, -0.2) is 6.61 Å². The summed E-state index contributed by atoms with van der Waals surface area (Å²) < 4.78 is 7.97. The van der Waals surface area contributed by atoms with E-state index in [0.717, 1.165) is 32.5 Å². The zero-order chi connectivity index (χ0) is 13.0. The van der Waals surface area contributed by atoms with E-state index in [2.05, 4.69) is 59.9 Å². The molecular weight excluding hydrogens is 424 g/mol.